The minimum Gasteiger partial charge on any atom is -0.462 e. The molecule has 1 N–H and O–H groups in total. The molecule has 5 heteroatoms. The predicted octanol–water partition coefficient (Wildman–Crippen LogP) is 14.3. The molecule has 1 atom stereocenters. The molecule has 54 heavy (non-hydrogen) atoms. The van der Waals surface area contributed by atoms with Gasteiger partial charge in [0.05, 0.1) is 6.61 Å². The van der Waals surface area contributed by atoms with Gasteiger partial charge in [-0.3, -0.25) is 9.59 Å². The second-order valence-corrected chi connectivity index (χ2v) is 14.4. The van der Waals surface area contributed by atoms with E-state index in [1.165, 1.54) is 96.3 Å². The average molecular weight is 751 g/mol. The lowest BCUT2D eigenvalue weighted by molar-refractivity contribution is -0.161. The molecule has 308 valence electrons. The molecule has 0 fully saturated rings. The maximum atomic E-state index is 12.2. The Morgan fingerprint density at radius 2 is 0.815 bits per heavy atom. The van der Waals surface area contributed by atoms with Gasteiger partial charge in [0.1, 0.15) is 6.61 Å². The lowest BCUT2D eigenvalue weighted by Gasteiger charge is -2.15. The zero-order valence-corrected chi connectivity index (χ0v) is 35.0. The van der Waals surface area contributed by atoms with Gasteiger partial charge in [0.15, 0.2) is 6.10 Å². The Morgan fingerprint density at radius 1 is 0.444 bits per heavy atom. The zero-order chi connectivity index (χ0) is 39.3. The molecule has 0 aliphatic heterocycles. The summed E-state index contributed by atoms with van der Waals surface area (Å²) in [6, 6.07) is 0. The summed E-state index contributed by atoms with van der Waals surface area (Å²) < 4.78 is 10.6. The number of carbonyl (C=O) groups is 2. The standard InChI is InChI=1S/C49H82O5/c1-3-5-7-9-11-13-15-17-19-21-22-23-24-25-26-28-29-31-33-35-37-39-41-43-48(51)53-46-47(45-50)54-49(52)44-42-40-38-36-34-32-30-27-20-18-16-14-12-10-8-6-4-2/h6,8,12,14-15,17-18,20-22,30,32,36,38,47,50H,3-5,7,9-11,13,16,19,23-29,31,33-35,37,39-46H2,1-2H3/b8-6-,14-12-,17-15-,20-18-,22-21-,32-30-,38-36-. The van der Waals surface area contributed by atoms with E-state index < -0.39 is 6.10 Å². The zero-order valence-electron chi connectivity index (χ0n) is 35.0. The number of unbranched alkanes of at least 4 members (excludes halogenated alkanes) is 17. The van der Waals surface area contributed by atoms with Gasteiger partial charge in [-0.1, -0.05) is 182 Å². The number of aliphatic hydroxyl groups excluding tert-OH is 1. The van der Waals surface area contributed by atoms with Gasteiger partial charge in [0, 0.05) is 12.8 Å². The van der Waals surface area contributed by atoms with Gasteiger partial charge in [-0.15, -0.1) is 0 Å². The number of hydrogen-bond acceptors (Lipinski definition) is 5. The first-order valence-corrected chi connectivity index (χ1v) is 22.1. The molecule has 0 aromatic rings. The quantitative estimate of drug-likeness (QED) is 0.0385. The number of rotatable bonds is 39. The molecule has 0 spiro atoms. The van der Waals surface area contributed by atoms with E-state index in [4.69, 9.17) is 9.47 Å². The van der Waals surface area contributed by atoms with Crippen LogP contribution in [0.25, 0.3) is 0 Å². The van der Waals surface area contributed by atoms with Gasteiger partial charge in [-0.25, -0.2) is 0 Å². The second kappa shape index (κ2) is 44.5. The Labute approximate surface area is 333 Å². The van der Waals surface area contributed by atoms with E-state index in [1.807, 2.05) is 0 Å². The Hall–Kier alpha value is -2.92. The normalized spacial score (nSPS) is 13.0. The van der Waals surface area contributed by atoms with Crippen molar-refractivity contribution >= 4 is 11.9 Å². The average Bonchev–Trinajstić information content (AvgIpc) is 3.17. The molecule has 0 heterocycles. The highest BCUT2D eigenvalue weighted by atomic mass is 16.6. The largest absolute Gasteiger partial charge is 0.462 e. The third-order valence-corrected chi connectivity index (χ3v) is 9.17. The fraction of sp³-hybridized carbons (Fsp3) is 0.673. The molecule has 0 aliphatic carbocycles. The molecule has 0 aromatic carbocycles. The molecule has 0 bridgehead atoms. The van der Waals surface area contributed by atoms with Crippen molar-refractivity contribution in [3.05, 3.63) is 85.1 Å². The number of hydrogen-bond donors (Lipinski definition) is 1. The molecule has 0 saturated heterocycles. The van der Waals surface area contributed by atoms with Crippen LogP contribution in [-0.4, -0.2) is 36.4 Å². The number of esters is 2. The van der Waals surface area contributed by atoms with Crippen LogP contribution in [0, 0.1) is 0 Å². The highest BCUT2D eigenvalue weighted by molar-refractivity contribution is 5.70. The van der Waals surface area contributed by atoms with E-state index in [2.05, 4.69) is 98.9 Å². The van der Waals surface area contributed by atoms with Crippen molar-refractivity contribution in [1.82, 2.24) is 0 Å². The molecule has 0 saturated carbocycles. The maximum Gasteiger partial charge on any atom is 0.306 e. The Bertz CT molecular complexity index is 1030. The van der Waals surface area contributed by atoms with Gasteiger partial charge >= 0.3 is 11.9 Å². The molecular weight excluding hydrogens is 669 g/mol. The smallest absolute Gasteiger partial charge is 0.306 e. The van der Waals surface area contributed by atoms with Crippen molar-refractivity contribution < 1.29 is 24.2 Å². The van der Waals surface area contributed by atoms with Crippen molar-refractivity contribution in [2.75, 3.05) is 13.2 Å². The van der Waals surface area contributed by atoms with Gasteiger partial charge in [-0.05, 0) is 83.5 Å². The van der Waals surface area contributed by atoms with Crippen molar-refractivity contribution in [1.29, 1.82) is 0 Å². The molecule has 0 radical (unpaired) electrons. The highest BCUT2D eigenvalue weighted by Crippen LogP contribution is 2.13. The summed E-state index contributed by atoms with van der Waals surface area (Å²) in [5.41, 5.74) is 0. The van der Waals surface area contributed by atoms with Crippen molar-refractivity contribution in [3.8, 4) is 0 Å². The third kappa shape index (κ3) is 41.8. The van der Waals surface area contributed by atoms with Crippen LogP contribution in [0.15, 0.2) is 85.1 Å². The van der Waals surface area contributed by atoms with Crippen LogP contribution >= 0.6 is 0 Å². The van der Waals surface area contributed by atoms with E-state index in [0.29, 0.717) is 12.8 Å². The topological polar surface area (TPSA) is 72.8 Å². The van der Waals surface area contributed by atoms with Crippen LogP contribution in [0.1, 0.15) is 194 Å². The van der Waals surface area contributed by atoms with E-state index in [0.717, 1.165) is 64.2 Å². The lowest BCUT2D eigenvalue weighted by atomic mass is 10.0. The molecule has 0 rings (SSSR count). The van der Waals surface area contributed by atoms with E-state index in [1.54, 1.807) is 0 Å². The summed E-state index contributed by atoms with van der Waals surface area (Å²) in [6.45, 7) is 3.96. The van der Waals surface area contributed by atoms with E-state index >= 15 is 0 Å². The number of allylic oxidation sites excluding steroid dienone is 14. The Balaban J connectivity index is 3.62. The monoisotopic (exact) mass is 751 g/mol. The summed E-state index contributed by atoms with van der Waals surface area (Å²) >= 11 is 0. The summed E-state index contributed by atoms with van der Waals surface area (Å²) in [6.07, 6.45) is 60.9. The van der Waals surface area contributed by atoms with Crippen molar-refractivity contribution in [2.24, 2.45) is 0 Å². The summed E-state index contributed by atoms with van der Waals surface area (Å²) in [5.74, 6) is -0.665. The van der Waals surface area contributed by atoms with Crippen LogP contribution in [0.2, 0.25) is 0 Å². The summed E-state index contributed by atoms with van der Waals surface area (Å²) in [5, 5.41) is 9.57. The number of aliphatic hydroxyl groups is 1. The van der Waals surface area contributed by atoms with Crippen molar-refractivity contribution in [3.63, 3.8) is 0 Å². The molecule has 0 amide bonds. The lowest BCUT2D eigenvalue weighted by Crippen LogP contribution is -2.28. The first-order chi connectivity index (χ1) is 26.6. The first-order valence-electron chi connectivity index (χ1n) is 22.1. The number of ether oxygens (including phenoxy) is 2. The van der Waals surface area contributed by atoms with Crippen LogP contribution in [0.3, 0.4) is 0 Å². The van der Waals surface area contributed by atoms with Crippen LogP contribution in [-0.2, 0) is 19.1 Å². The van der Waals surface area contributed by atoms with Crippen LogP contribution < -0.4 is 0 Å². The fourth-order valence-electron chi connectivity index (χ4n) is 5.85. The van der Waals surface area contributed by atoms with E-state index in [9.17, 15) is 14.7 Å². The second-order valence-electron chi connectivity index (χ2n) is 14.4. The van der Waals surface area contributed by atoms with Gasteiger partial charge in [0.25, 0.3) is 0 Å². The third-order valence-electron chi connectivity index (χ3n) is 9.17. The van der Waals surface area contributed by atoms with Gasteiger partial charge in [-0.2, -0.15) is 0 Å². The fourth-order valence-corrected chi connectivity index (χ4v) is 5.85. The minimum absolute atomic E-state index is 0.0938. The Kier molecular flexibility index (Phi) is 42.1. The van der Waals surface area contributed by atoms with Crippen LogP contribution in [0.5, 0.6) is 0 Å². The molecule has 0 aromatic heterocycles. The number of carbonyl (C=O) groups excluding carboxylic acids is 2. The molecule has 5 nitrogen and oxygen atoms in total. The van der Waals surface area contributed by atoms with Gasteiger partial charge in [0.2, 0.25) is 0 Å². The van der Waals surface area contributed by atoms with Gasteiger partial charge < -0.3 is 14.6 Å². The Morgan fingerprint density at radius 3 is 1.26 bits per heavy atom. The van der Waals surface area contributed by atoms with Crippen molar-refractivity contribution in [2.45, 2.75) is 200 Å². The molecule has 0 aliphatic rings. The predicted molar refractivity (Wildman–Crippen MR) is 233 cm³/mol. The maximum absolute atomic E-state index is 12.2. The summed E-state index contributed by atoms with van der Waals surface area (Å²) in [7, 11) is 0. The van der Waals surface area contributed by atoms with Crippen LogP contribution in [0.4, 0.5) is 0 Å². The SMILES string of the molecule is CC/C=C\C/C=C\C/C=C\C/C=C\C/C=C\CCCC(=O)OC(CO)COC(=O)CCCCCCCCCCCCC/C=C\C/C=C\CCCCCCC. The minimum atomic E-state index is -0.806. The first kappa shape index (κ1) is 51.1. The molecular formula is C49H82O5. The highest BCUT2D eigenvalue weighted by Gasteiger charge is 2.16. The van der Waals surface area contributed by atoms with E-state index in [-0.39, 0.29) is 31.6 Å². The molecule has 1 unspecified atom stereocenters. The summed E-state index contributed by atoms with van der Waals surface area (Å²) in [4.78, 5) is 24.3.